The van der Waals surface area contributed by atoms with Crippen molar-refractivity contribution in [3.8, 4) is 0 Å². The van der Waals surface area contributed by atoms with E-state index in [1.807, 2.05) is 31.2 Å². The van der Waals surface area contributed by atoms with Crippen molar-refractivity contribution in [1.82, 2.24) is 10.6 Å². The third-order valence-corrected chi connectivity index (χ3v) is 4.50. The summed E-state index contributed by atoms with van der Waals surface area (Å²) in [6, 6.07) is 7.63. The average Bonchev–Trinajstić information content (AvgIpc) is 2.55. The van der Waals surface area contributed by atoms with Crippen molar-refractivity contribution in [2.24, 2.45) is 15.7 Å². The van der Waals surface area contributed by atoms with E-state index in [2.05, 4.69) is 15.6 Å². The fourth-order valence-corrected chi connectivity index (χ4v) is 3.41. The zero-order valence-electron chi connectivity index (χ0n) is 14.1. The number of carbonyl (C=O) groups is 1. The van der Waals surface area contributed by atoms with Crippen LogP contribution in [0.15, 0.2) is 34.3 Å². The van der Waals surface area contributed by atoms with E-state index in [-0.39, 0.29) is 11.6 Å². The Morgan fingerprint density at radius 1 is 1.29 bits per heavy atom. The van der Waals surface area contributed by atoms with E-state index < -0.39 is 0 Å². The molecule has 1 aliphatic carbocycles. The van der Waals surface area contributed by atoms with Crippen LogP contribution in [0, 0.1) is 0 Å². The van der Waals surface area contributed by atoms with E-state index in [4.69, 9.17) is 10.7 Å². The van der Waals surface area contributed by atoms with Crippen LogP contribution in [0.3, 0.4) is 0 Å². The summed E-state index contributed by atoms with van der Waals surface area (Å²) in [5.74, 6) is 1.22. The fraction of sp³-hybridized carbons (Fsp3) is 0.500. The second-order valence-corrected chi connectivity index (χ2v) is 6.46. The minimum atomic E-state index is -0.375. The smallest absolute Gasteiger partial charge is 0.251 e. The minimum Gasteiger partial charge on any atom is -0.370 e. The van der Waals surface area contributed by atoms with Gasteiger partial charge in [-0.15, -0.1) is 0 Å². The molecule has 1 amide bonds. The first-order valence-corrected chi connectivity index (χ1v) is 8.68. The second-order valence-electron chi connectivity index (χ2n) is 6.46. The van der Waals surface area contributed by atoms with Crippen LogP contribution in [0.2, 0.25) is 0 Å². The Morgan fingerprint density at radius 2 is 2.08 bits per heavy atom. The maximum atomic E-state index is 12.0. The molecule has 0 radical (unpaired) electrons. The molecule has 3 rings (SSSR count). The Hall–Kier alpha value is -2.37. The lowest BCUT2D eigenvalue weighted by Gasteiger charge is -2.34. The monoisotopic (exact) mass is 327 g/mol. The van der Waals surface area contributed by atoms with Crippen LogP contribution in [-0.4, -0.2) is 29.9 Å². The third-order valence-electron chi connectivity index (χ3n) is 4.50. The maximum absolute atomic E-state index is 12.0. The Balaban J connectivity index is 1.78. The molecule has 6 nitrogen and oxygen atoms in total. The molecule has 1 spiro atoms. The highest BCUT2D eigenvalue weighted by Crippen LogP contribution is 2.34. The molecule has 1 aromatic rings. The molecule has 0 aromatic heterocycles. The highest BCUT2D eigenvalue weighted by Gasteiger charge is 2.34. The van der Waals surface area contributed by atoms with Gasteiger partial charge in [-0.1, -0.05) is 18.6 Å². The van der Waals surface area contributed by atoms with Crippen molar-refractivity contribution in [2.45, 2.75) is 51.1 Å². The van der Waals surface area contributed by atoms with E-state index in [0.717, 1.165) is 37.1 Å². The van der Waals surface area contributed by atoms with Gasteiger partial charge in [-0.2, -0.15) is 0 Å². The summed E-state index contributed by atoms with van der Waals surface area (Å²) < 4.78 is 0. The third kappa shape index (κ3) is 3.75. The van der Waals surface area contributed by atoms with Gasteiger partial charge in [0.1, 0.15) is 5.84 Å². The second kappa shape index (κ2) is 7.03. The van der Waals surface area contributed by atoms with E-state index in [0.29, 0.717) is 24.5 Å². The lowest BCUT2D eigenvalue weighted by Crippen LogP contribution is -2.47. The number of nitrogens with one attached hydrogen (secondary N) is 2. The average molecular weight is 327 g/mol. The number of benzene rings is 1. The maximum Gasteiger partial charge on any atom is 0.251 e. The summed E-state index contributed by atoms with van der Waals surface area (Å²) in [6.07, 6.45) is 6.05. The number of hydrogen-bond donors (Lipinski definition) is 3. The quantitative estimate of drug-likeness (QED) is 0.789. The van der Waals surface area contributed by atoms with Gasteiger partial charge in [-0.05, 0) is 50.3 Å². The molecule has 0 unspecified atom stereocenters. The van der Waals surface area contributed by atoms with E-state index >= 15 is 0 Å². The van der Waals surface area contributed by atoms with E-state index in [9.17, 15) is 4.79 Å². The van der Waals surface area contributed by atoms with Crippen LogP contribution in [0.4, 0.5) is 0 Å². The zero-order valence-corrected chi connectivity index (χ0v) is 14.1. The molecule has 0 saturated heterocycles. The molecule has 1 heterocycles. The Morgan fingerprint density at radius 3 is 2.83 bits per heavy atom. The van der Waals surface area contributed by atoms with Gasteiger partial charge in [-0.25, -0.2) is 9.98 Å². The number of amidine groups is 1. The molecule has 1 saturated carbocycles. The van der Waals surface area contributed by atoms with Gasteiger partial charge in [0, 0.05) is 18.5 Å². The van der Waals surface area contributed by atoms with Crippen LogP contribution >= 0.6 is 0 Å². The van der Waals surface area contributed by atoms with Crippen molar-refractivity contribution in [3.63, 3.8) is 0 Å². The molecule has 1 fully saturated rings. The summed E-state index contributed by atoms with van der Waals surface area (Å²) in [5.41, 5.74) is 7.32. The molecule has 24 heavy (non-hydrogen) atoms. The number of nitrogens with zero attached hydrogens (tertiary/aromatic N) is 2. The Kier molecular flexibility index (Phi) is 4.83. The highest BCUT2D eigenvalue weighted by atomic mass is 16.1. The normalized spacial score (nSPS) is 19.2. The summed E-state index contributed by atoms with van der Waals surface area (Å²) in [4.78, 5) is 21.4. The number of rotatable bonds is 4. The Labute approximate surface area is 142 Å². The molecule has 1 aliphatic heterocycles. The molecule has 2 aliphatic rings. The van der Waals surface area contributed by atoms with Crippen LogP contribution in [0.1, 0.15) is 54.9 Å². The van der Waals surface area contributed by atoms with Gasteiger partial charge < -0.3 is 16.4 Å². The van der Waals surface area contributed by atoms with E-state index in [1.54, 1.807) is 0 Å². The fourth-order valence-electron chi connectivity index (χ4n) is 3.41. The number of aliphatic imine (C=N–C) groups is 2. The predicted octanol–water partition coefficient (Wildman–Crippen LogP) is 1.96. The van der Waals surface area contributed by atoms with Crippen LogP contribution in [0.25, 0.3) is 0 Å². The van der Waals surface area contributed by atoms with E-state index in [1.165, 1.54) is 6.42 Å². The topological polar surface area (TPSA) is 91.9 Å². The molecule has 1 aromatic carbocycles. The molecule has 6 heteroatoms. The lowest BCUT2D eigenvalue weighted by molar-refractivity contribution is 0.0955. The lowest BCUT2D eigenvalue weighted by atomic mass is 9.89. The molecular weight excluding hydrogens is 302 g/mol. The number of nitrogens with two attached hydrogens (primary N) is 1. The van der Waals surface area contributed by atoms with Gasteiger partial charge in [0.05, 0.1) is 0 Å². The van der Waals surface area contributed by atoms with Gasteiger partial charge in [-0.3, -0.25) is 4.79 Å². The summed E-state index contributed by atoms with van der Waals surface area (Å²) in [6.45, 7) is 2.53. The van der Waals surface area contributed by atoms with Crippen molar-refractivity contribution in [2.75, 3.05) is 6.54 Å². The largest absolute Gasteiger partial charge is 0.370 e. The minimum absolute atomic E-state index is 0.0530. The molecule has 4 N–H and O–H groups in total. The van der Waals surface area contributed by atoms with Crippen LogP contribution in [0.5, 0.6) is 0 Å². The SMILES string of the molecule is CCNC(=O)c1cccc(CC2=NC3(CCCCC3)N=C(N)N2)c1. The van der Waals surface area contributed by atoms with Crippen molar-refractivity contribution in [1.29, 1.82) is 0 Å². The van der Waals surface area contributed by atoms with Crippen molar-refractivity contribution in [3.05, 3.63) is 35.4 Å². The number of hydrogen-bond acceptors (Lipinski definition) is 5. The molecule has 0 bridgehead atoms. The van der Waals surface area contributed by atoms with Crippen molar-refractivity contribution < 1.29 is 4.79 Å². The van der Waals surface area contributed by atoms with Crippen molar-refractivity contribution >= 4 is 17.7 Å². The summed E-state index contributed by atoms with van der Waals surface area (Å²) >= 11 is 0. The highest BCUT2D eigenvalue weighted by molar-refractivity contribution is 6.02. The summed E-state index contributed by atoms with van der Waals surface area (Å²) in [5, 5.41) is 5.91. The predicted molar refractivity (Wildman–Crippen MR) is 96.2 cm³/mol. The first-order chi connectivity index (χ1) is 11.6. The van der Waals surface area contributed by atoms with Gasteiger partial charge in [0.25, 0.3) is 5.91 Å². The molecule has 0 atom stereocenters. The number of amides is 1. The van der Waals surface area contributed by atoms with Gasteiger partial charge in [0.2, 0.25) is 0 Å². The standard InChI is InChI=1S/C18H25N5O/c1-2-20-16(24)14-8-6-7-13(11-14)12-15-21-17(19)23-18(22-15)9-4-3-5-10-18/h6-8,11H,2-5,9-10,12H2,1H3,(H,20,24)(H3,19,21,22,23). The van der Waals surface area contributed by atoms with Crippen LogP contribution < -0.4 is 16.4 Å². The Bertz CT molecular complexity index is 674. The zero-order chi connectivity index (χ0) is 17.0. The number of carbonyl (C=O) groups excluding carboxylic acids is 1. The summed E-state index contributed by atoms with van der Waals surface area (Å²) in [7, 11) is 0. The first kappa shape index (κ1) is 16.5. The van der Waals surface area contributed by atoms with Gasteiger partial charge in [0.15, 0.2) is 11.6 Å². The first-order valence-electron chi connectivity index (χ1n) is 8.68. The van der Waals surface area contributed by atoms with Gasteiger partial charge >= 0.3 is 0 Å². The number of guanidine groups is 1. The van der Waals surface area contributed by atoms with Crippen LogP contribution in [-0.2, 0) is 6.42 Å². The molecule has 128 valence electrons. The molecular formula is C18H25N5O.